The fourth-order valence-electron chi connectivity index (χ4n) is 4.42. The van der Waals surface area contributed by atoms with Crippen LogP contribution in [0.4, 0.5) is 21.9 Å². The van der Waals surface area contributed by atoms with E-state index < -0.39 is 0 Å². The Bertz CT molecular complexity index is 875. The SMILES string of the molecule is COc1ccc(NC(=O)N2CCC(CNc3ccccc3)CC2)cc1N1CCN(C)CC1. The normalized spacial score (nSPS) is 17.8. The van der Waals surface area contributed by atoms with Gasteiger partial charge in [0.05, 0.1) is 12.8 Å². The highest BCUT2D eigenvalue weighted by Gasteiger charge is 2.24. The number of ether oxygens (including phenoxy) is 1. The summed E-state index contributed by atoms with van der Waals surface area (Å²) in [5, 5.41) is 6.61. The van der Waals surface area contributed by atoms with Gasteiger partial charge in [0.2, 0.25) is 0 Å². The monoisotopic (exact) mass is 437 g/mol. The molecule has 2 aliphatic heterocycles. The van der Waals surface area contributed by atoms with Crippen LogP contribution in [-0.4, -0.2) is 75.8 Å². The highest BCUT2D eigenvalue weighted by Crippen LogP contribution is 2.32. The van der Waals surface area contributed by atoms with Crippen molar-refractivity contribution in [3.63, 3.8) is 0 Å². The Hall–Kier alpha value is -2.93. The first-order chi connectivity index (χ1) is 15.6. The van der Waals surface area contributed by atoms with Gasteiger partial charge in [-0.2, -0.15) is 0 Å². The van der Waals surface area contributed by atoms with E-state index in [0.717, 1.165) is 81.5 Å². The molecule has 0 spiro atoms. The Morgan fingerprint density at radius 1 is 0.969 bits per heavy atom. The molecule has 2 aliphatic rings. The van der Waals surface area contributed by atoms with E-state index in [1.165, 1.54) is 0 Å². The number of hydrogen-bond acceptors (Lipinski definition) is 5. The summed E-state index contributed by atoms with van der Waals surface area (Å²) in [4.78, 5) is 19.5. The fraction of sp³-hybridized carbons (Fsp3) is 0.480. The molecule has 2 amide bonds. The number of amides is 2. The Balaban J connectivity index is 1.30. The van der Waals surface area contributed by atoms with Gasteiger partial charge in [0, 0.05) is 57.2 Å². The van der Waals surface area contributed by atoms with Crippen LogP contribution in [0.5, 0.6) is 5.75 Å². The lowest BCUT2D eigenvalue weighted by Gasteiger charge is -2.35. The molecule has 4 rings (SSSR count). The molecule has 0 bridgehead atoms. The van der Waals surface area contributed by atoms with Crippen LogP contribution >= 0.6 is 0 Å². The molecular formula is C25H35N5O2. The van der Waals surface area contributed by atoms with Crippen LogP contribution < -0.4 is 20.3 Å². The number of nitrogens with zero attached hydrogens (tertiary/aromatic N) is 3. The minimum absolute atomic E-state index is 0.0195. The number of rotatable bonds is 6. The number of likely N-dealkylation sites (tertiary alicyclic amines) is 1. The molecular weight excluding hydrogens is 402 g/mol. The van der Waals surface area contributed by atoms with Gasteiger partial charge in [-0.15, -0.1) is 0 Å². The maximum atomic E-state index is 12.9. The highest BCUT2D eigenvalue weighted by atomic mass is 16.5. The largest absolute Gasteiger partial charge is 0.495 e. The molecule has 0 unspecified atom stereocenters. The number of piperidine rings is 1. The van der Waals surface area contributed by atoms with Crippen molar-refractivity contribution >= 4 is 23.1 Å². The van der Waals surface area contributed by atoms with Gasteiger partial charge in [-0.25, -0.2) is 4.79 Å². The van der Waals surface area contributed by atoms with Crippen molar-refractivity contribution in [1.29, 1.82) is 0 Å². The molecule has 0 aliphatic carbocycles. The van der Waals surface area contributed by atoms with Crippen molar-refractivity contribution in [2.45, 2.75) is 12.8 Å². The van der Waals surface area contributed by atoms with Crippen LogP contribution in [0.15, 0.2) is 48.5 Å². The lowest BCUT2D eigenvalue weighted by atomic mass is 9.97. The number of hydrogen-bond donors (Lipinski definition) is 2. The van der Waals surface area contributed by atoms with Gasteiger partial charge >= 0.3 is 6.03 Å². The van der Waals surface area contributed by atoms with Crippen molar-refractivity contribution < 1.29 is 9.53 Å². The van der Waals surface area contributed by atoms with Crippen LogP contribution in [0, 0.1) is 5.92 Å². The first kappa shape index (κ1) is 22.3. The zero-order chi connectivity index (χ0) is 22.3. The molecule has 0 atom stereocenters. The molecule has 0 aromatic heterocycles. The van der Waals surface area contributed by atoms with Crippen LogP contribution in [0.3, 0.4) is 0 Å². The summed E-state index contributed by atoms with van der Waals surface area (Å²) in [5.74, 6) is 1.43. The summed E-state index contributed by atoms with van der Waals surface area (Å²) in [6.45, 7) is 6.47. The number of urea groups is 1. The highest BCUT2D eigenvalue weighted by molar-refractivity contribution is 5.90. The molecule has 7 heteroatoms. The molecule has 2 aromatic rings. The molecule has 7 nitrogen and oxygen atoms in total. The molecule has 0 radical (unpaired) electrons. The Kier molecular flexibility index (Phi) is 7.37. The molecule has 2 saturated heterocycles. The van der Waals surface area contributed by atoms with E-state index in [0.29, 0.717) is 5.92 Å². The van der Waals surface area contributed by atoms with E-state index in [2.05, 4.69) is 39.6 Å². The third-order valence-electron chi connectivity index (χ3n) is 6.54. The average molecular weight is 438 g/mol. The summed E-state index contributed by atoms with van der Waals surface area (Å²) in [7, 11) is 3.84. The second kappa shape index (κ2) is 10.6. The Morgan fingerprint density at radius 3 is 2.38 bits per heavy atom. The number of anilines is 3. The zero-order valence-corrected chi connectivity index (χ0v) is 19.2. The van der Waals surface area contributed by atoms with Crippen LogP contribution in [0.2, 0.25) is 0 Å². The van der Waals surface area contributed by atoms with Crippen LogP contribution in [-0.2, 0) is 0 Å². The van der Waals surface area contributed by atoms with E-state index in [1.807, 2.05) is 41.3 Å². The van der Waals surface area contributed by atoms with Gasteiger partial charge < -0.3 is 30.1 Å². The van der Waals surface area contributed by atoms with E-state index in [1.54, 1.807) is 7.11 Å². The van der Waals surface area contributed by atoms with Crippen molar-refractivity contribution in [2.24, 2.45) is 5.92 Å². The predicted molar refractivity (Wildman–Crippen MR) is 131 cm³/mol. The van der Waals surface area contributed by atoms with Gasteiger partial charge in [-0.05, 0) is 56.1 Å². The number of benzene rings is 2. The summed E-state index contributed by atoms with van der Waals surface area (Å²) in [6, 6.07) is 16.2. The molecule has 2 aromatic carbocycles. The van der Waals surface area contributed by atoms with Crippen molar-refractivity contribution in [2.75, 3.05) is 75.5 Å². The number of carbonyl (C=O) groups is 1. The summed E-state index contributed by atoms with van der Waals surface area (Å²) < 4.78 is 5.58. The van der Waals surface area contributed by atoms with E-state index in [9.17, 15) is 4.79 Å². The van der Waals surface area contributed by atoms with Gasteiger partial charge in [0.25, 0.3) is 0 Å². The third-order valence-corrected chi connectivity index (χ3v) is 6.54. The molecule has 2 heterocycles. The summed E-state index contributed by atoms with van der Waals surface area (Å²) >= 11 is 0. The summed E-state index contributed by atoms with van der Waals surface area (Å²) in [6.07, 6.45) is 2.03. The lowest BCUT2D eigenvalue weighted by Crippen LogP contribution is -2.44. The first-order valence-corrected chi connectivity index (χ1v) is 11.6. The average Bonchev–Trinajstić information content (AvgIpc) is 2.84. The van der Waals surface area contributed by atoms with Gasteiger partial charge in [-0.3, -0.25) is 0 Å². The number of carbonyl (C=O) groups excluding carboxylic acids is 1. The van der Waals surface area contributed by atoms with E-state index in [-0.39, 0.29) is 6.03 Å². The quantitative estimate of drug-likeness (QED) is 0.720. The number of para-hydroxylation sites is 1. The molecule has 2 fully saturated rings. The second-order valence-electron chi connectivity index (χ2n) is 8.78. The standard InChI is InChI=1S/C25H35N5O2/c1-28-14-16-29(17-15-28)23-18-22(8-9-24(23)32-2)27-25(31)30-12-10-20(11-13-30)19-26-21-6-4-3-5-7-21/h3-9,18,20,26H,10-17,19H2,1-2H3,(H,27,31). The predicted octanol–water partition coefficient (Wildman–Crippen LogP) is 3.80. The van der Waals surface area contributed by atoms with Crippen molar-refractivity contribution in [3.8, 4) is 5.75 Å². The minimum Gasteiger partial charge on any atom is -0.495 e. The smallest absolute Gasteiger partial charge is 0.321 e. The number of nitrogens with one attached hydrogen (secondary N) is 2. The van der Waals surface area contributed by atoms with Gasteiger partial charge in [-0.1, -0.05) is 18.2 Å². The fourth-order valence-corrected chi connectivity index (χ4v) is 4.42. The van der Waals surface area contributed by atoms with Crippen LogP contribution in [0.1, 0.15) is 12.8 Å². The minimum atomic E-state index is -0.0195. The maximum absolute atomic E-state index is 12.9. The number of likely N-dealkylation sites (N-methyl/N-ethyl adjacent to an activating group) is 1. The van der Waals surface area contributed by atoms with E-state index >= 15 is 0 Å². The molecule has 172 valence electrons. The van der Waals surface area contributed by atoms with Crippen LogP contribution in [0.25, 0.3) is 0 Å². The van der Waals surface area contributed by atoms with Crippen molar-refractivity contribution in [1.82, 2.24) is 9.80 Å². The molecule has 2 N–H and O–H groups in total. The van der Waals surface area contributed by atoms with Gasteiger partial charge in [0.1, 0.15) is 5.75 Å². The number of methoxy groups -OCH3 is 1. The Labute approximate surface area is 191 Å². The second-order valence-corrected chi connectivity index (χ2v) is 8.78. The van der Waals surface area contributed by atoms with Gasteiger partial charge in [0.15, 0.2) is 0 Å². The molecule has 0 saturated carbocycles. The number of piperazine rings is 1. The Morgan fingerprint density at radius 2 is 1.69 bits per heavy atom. The first-order valence-electron chi connectivity index (χ1n) is 11.6. The van der Waals surface area contributed by atoms with Crippen molar-refractivity contribution in [3.05, 3.63) is 48.5 Å². The third kappa shape index (κ3) is 5.65. The molecule has 32 heavy (non-hydrogen) atoms. The topological polar surface area (TPSA) is 60.1 Å². The maximum Gasteiger partial charge on any atom is 0.321 e. The summed E-state index contributed by atoms with van der Waals surface area (Å²) in [5.41, 5.74) is 3.02. The zero-order valence-electron chi connectivity index (χ0n) is 19.2. The van der Waals surface area contributed by atoms with E-state index in [4.69, 9.17) is 4.74 Å². The lowest BCUT2D eigenvalue weighted by molar-refractivity contribution is 0.185.